The molecule has 0 aliphatic rings. The van der Waals surface area contributed by atoms with Crippen molar-refractivity contribution in [2.24, 2.45) is 0 Å². The van der Waals surface area contributed by atoms with Gasteiger partial charge in [0, 0.05) is 0 Å². The second-order valence-electron chi connectivity index (χ2n) is 5.43. The molecule has 0 saturated carbocycles. The van der Waals surface area contributed by atoms with Gasteiger partial charge in [-0.3, -0.25) is 0 Å². The van der Waals surface area contributed by atoms with Crippen LogP contribution in [0, 0.1) is 5.82 Å². The minimum absolute atomic E-state index is 0.300. The van der Waals surface area contributed by atoms with E-state index >= 15 is 0 Å². The minimum atomic E-state index is -3.18. The summed E-state index contributed by atoms with van der Waals surface area (Å²) in [6, 6.07) is 25.3. The molecule has 0 atom stereocenters. The zero-order valence-corrected chi connectivity index (χ0v) is 13.6. The molecule has 3 heteroatoms. The fourth-order valence-corrected chi connectivity index (χ4v) is 5.70. The quantitative estimate of drug-likeness (QED) is 0.732. The summed E-state index contributed by atoms with van der Waals surface area (Å²) in [4.78, 5) is 11.7. The molecule has 0 spiro atoms. The summed E-state index contributed by atoms with van der Waals surface area (Å²) < 4.78 is 13.2. The van der Waals surface area contributed by atoms with E-state index in [2.05, 4.69) is 6.58 Å². The lowest BCUT2D eigenvalue weighted by Crippen LogP contribution is -2.59. The lowest BCUT2D eigenvalue weighted by atomic mass is 10.2. The van der Waals surface area contributed by atoms with E-state index in [0.29, 0.717) is 5.20 Å². The van der Waals surface area contributed by atoms with Gasteiger partial charge in [-0.25, -0.2) is 4.39 Å². The smallest absolute Gasteiger partial charge is 0.285 e. The van der Waals surface area contributed by atoms with Gasteiger partial charge >= 0.3 is 0 Å². The van der Waals surface area contributed by atoms with Crippen molar-refractivity contribution in [3.63, 3.8) is 0 Å². The van der Waals surface area contributed by atoms with Crippen molar-refractivity contribution in [3.8, 4) is 0 Å². The zero-order chi connectivity index (χ0) is 16.3. The molecule has 0 aliphatic carbocycles. The molecule has 0 aliphatic heterocycles. The highest BCUT2D eigenvalue weighted by Crippen LogP contribution is 2.22. The summed E-state index contributed by atoms with van der Waals surface area (Å²) in [5.41, 5.74) is 0.758. The highest BCUT2D eigenvalue weighted by molar-refractivity contribution is 7.09. The van der Waals surface area contributed by atoms with Gasteiger partial charge < -0.3 is 4.80 Å². The van der Waals surface area contributed by atoms with Crippen LogP contribution in [0.25, 0.3) is 5.20 Å². The summed E-state index contributed by atoms with van der Waals surface area (Å²) >= 11 is 0. The molecule has 114 valence electrons. The molecule has 0 heterocycles. The Labute approximate surface area is 136 Å². The number of rotatable bonds is 4. The van der Waals surface area contributed by atoms with Crippen molar-refractivity contribution in [3.05, 3.63) is 103 Å². The Hall–Kier alpha value is -2.49. The number of benzene rings is 3. The summed E-state index contributed by atoms with van der Waals surface area (Å²) in [5, 5.41) is 2.37. The Morgan fingerprint density at radius 2 is 1.17 bits per heavy atom. The van der Waals surface area contributed by atoms with Crippen LogP contribution in [0.4, 0.5) is 4.39 Å². The van der Waals surface area contributed by atoms with Crippen molar-refractivity contribution in [2.45, 2.75) is 0 Å². The van der Waals surface area contributed by atoms with Crippen molar-refractivity contribution < 1.29 is 9.19 Å². The molecule has 3 aromatic rings. The third-order valence-electron chi connectivity index (χ3n) is 4.01. The molecule has 3 aromatic carbocycles. The largest absolute Gasteiger partial charge is 0.421 e. The first kappa shape index (κ1) is 15.4. The maximum Gasteiger partial charge on any atom is 0.285 e. The van der Waals surface area contributed by atoms with Gasteiger partial charge in [-0.05, 0) is 33.3 Å². The molecule has 23 heavy (non-hydrogen) atoms. The first-order valence-corrected chi connectivity index (χ1v) is 9.36. The average molecular weight is 320 g/mol. The monoisotopic (exact) mass is 320 g/mol. The molecule has 0 saturated heterocycles. The molecule has 0 unspecified atom stereocenters. The number of halogens is 1. The molecular weight excluding hydrogens is 303 g/mol. The SMILES string of the molecule is C=C(c1ccc(F)cc1)[Si](O)(c1ccccc1)c1ccccc1. The van der Waals surface area contributed by atoms with E-state index in [9.17, 15) is 9.19 Å². The van der Waals surface area contributed by atoms with Crippen LogP contribution < -0.4 is 10.4 Å². The Morgan fingerprint density at radius 1 is 0.739 bits per heavy atom. The molecular formula is C20H17FOSi. The fraction of sp³-hybridized carbons (Fsp3) is 0. The normalized spacial score (nSPS) is 11.2. The highest BCUT2D eigenvalue weighted by Gasteiger charge is 2.39. The van der Waals surface area contributed by atoms with Gasteiger partial charge in [-0.2, -0.15) is 0 Å². The fourth-order valence-electron chi connectivity index (χ4n) is 2.73. The predicted molar refractivity (Wildman–Crippen MR) is 95.6 cm³/mol. The molecule has 0 bridgehead atoms. The van der Waals surface area contributed by atoms with Gasteiger partial charge in [0.25, 0.3) is 8.32 Å². The van der Waals surface area contributed by atoms with E-state index in [0.717, 1.165) is 15.9 Å². The topological polar surface area (TPSA) is 20.2 Å². The van der Waals surface area contributed by atoms with E-state index < -0.39 is 8.32 Å². The van der Waals surface area contributed by atoms with Gasteiger partial charge in [-0.1, -0.05) is 79.4 Å². The predicted octanol–water partition coefficient (Wildman–Crippen LogP) is 3.13. The number of hydrogen-bond donors (Lipinski definition) is 1. The van der Waals surface area contributed by atoms with Crippen LogP contribution in [0.15, 0.2) is 91.5 Å². The Kier molecular flexibility index (Phi) is 4.23. The van der Waals surface area contributed by atoms with Gasteiger partial charge in [0.05, 0.1) is 0 Å². The maximum absolute atomic E-state index is 13.2. The number of hydrogen-bond acceptors (Lipinski definition) is 1. The van der Waals surface area contributed by atoms with Gasteiger partial charge in [0.2, 0.25) is 0 Å². The van der Waals surface area contributed by atoms with E-state index in [1.807, 2.05) is 60.7 Å². The van der Waals surface area contributed by atoms with Gasteiger partial charge in [0.1, 0.15) is 5.82 Å². The Balaban J connectivity index is 2.16. The van der Waals surface area contributed by atoms with Gasteiger partial charge in [-0.15, -0.1) is 0 Å². The molecule has 1 N–H and O–H groups in total. The standard InChI is InChI=1S/C20H17FOSi/c1-16(17-12-14-18(21)15-13-17)23(22,19-8-4-2-5-9-19)20-10-6-3-7-11-20/h2-15,22H,1H2. The third kappa shape index (κ3) is 2.89. The first-order valence-electron chi connectivity index (χ1n) is 7.41. The van der Waals surface area contributed by atoms with Crippen LogP contribution in [-0.4, -0.2) is 13.1 Å². The second-order valence-corrected chi connectivity index (χ2v) is 8.61. The zero-order valence-electron chi connectivity index (χ0n) is 12.6. The summed E-state index contributed by atoms with van der Waals surface area (Å²) in [6.07, 6.45) is 0. The Morgan fingerprint density at radius 3 is 1.61 bits per heavy atom. The highest BCUT2D eigenvalue weighted by atomic mass is 28.4. The summed E-state index contributed by atoms with van der Waals surface area (Å²) in [6.45, 7) is 4.17. The van der Waals surface area contributed by atoms with Crippen molar-refractivity contribution >= 4 is 23.9 Å². The van der Waals surface area contributed by atoms with Crippen LogP contribution in [0.1, 0.15) is 5.56 Å². The first-order chi connectivity index (χ1) is 11.1. The molecule has 0 fully saturated rings. The van der Waals surface area contributed by atoms with Crippen LogP contribution in [0.2, 0.25) is 0 Å². The molecule has 0 radical (unpaired) electrons. The molecule has 1 nitrogen and oxygen atoms in total. The molecule has 3 rings (SSSR count). The average Bonchev–Trinajstić information content (AvgIpc) is 2.62. The summed E-state index contributed by atoms with van der Waals surface area (Å²) in [5.74, 6) is -0.300. The van der Waals surface area contributed by atoms with Crippen molar-refractivity contribution in [2.75, 3.05) is 0 Å². The van der Waals surface area contributed by atoms with Crippen LogP contribution in [-0.2, 0) is 0 Å². The van der Waals surface area contributed by atoms with Crippen LogP contribution in [0.5, 0.6) is 0 Å². The lowest BCUT2D eigenvalue weighted by molar-refractivity contribution is 0.584. The molecule has 0 aromatic heterocycles. The summed E-state index contributed by atoms with van der Waals surface area (Å²) in [7, 11) is -3.18. The van der Waals surface area contributed by atoms with Gasteiger partial charge in [0.15, 0.2) is 0 Å². The molecule has 0 amide bonds. The minimum Gasteiger partial charge on any atom is -0.421 e. The second kappa shape index (κ2) is 6.32. The van der Waals surface area contributed by atoms with Crippen LogP contribution in [0.3, 0.4) is 0 Å². The van der Waals surface area contributed by atoms with E-state index in [1.54, 1.807) is 12.1 Å². The third-order valence-corrected chi connectivity index (χ3v) is 7.51. The van der Waals surface area contributed by atoms with E-state index in [4.69, 9.17) is 0 Å². The van der Waals surface area contributed by atoms with Crippen molar-refractivity contribution in [1.29, 1.82) is 0 Å². The maximum atomic E-state index is 13.2. The Bertz CT molecular complexity index is 759. The van der Waals surface area contributed by atoms with E-state index in [-0.39, 0.29) is 5.82 Å². The van der Waals surface area contributed by atoms with E-state index in [1.165, 1.54) is 12.1 Å². The van der Waals surface area contributed by atoms with Crippen molar-refractivity contribution in [1.82, 2.24) is 0 Å². The van der Waals surface area contributed by atoms with Crippen LogP contribution >= 0.6 is 0 Å². The lowest BCUT2D eigenvalue weighted by Gasteiger charge is -2.28.